The number of aliphatic hydroxyl groups is 1. The third kappa shape index (κ3) is 2.45. The molecule has 2 nitrogen and oxygen atoms in total. The normalized spacial score (nSPS) is 17.2. The van der Waals surface area contributed by atoms with E-state index < -0.39 is 0 Å². The Kier molecular flexibility index (Phi) is 3.31. The van der Waals surface area contributed by atoms with Gasteiger partial charge in [0.25, 0.3) is 0 Å². The molecule has 1 heterocycles. The number of hydrogen-bond acceptors (Lipinski definition) is 2. The van der Waals surface area contributed by atoms with Gasteiger partial charge in [0.1, 0.15) is 0 Å². The lowest BCUT2D eigenvalue weighted by molar-refractivity contribution is -0.0312. The zero-order valence-electron chi connectivity index (χ0n) is 10.1. The van der Waals surface area contributed by atoms with E-state index in [2.05, 4.69) is 38.1 Å². The number of aliphatic hydroxyl groups excluding tert-OH is 1. The smallest absolute Gasteiger partial charge is 0.0522 e. The van der Waals surface area contributed by atoms with Crippen molar-refractivity contribution in [1.29, 1.82) is 0 Å². The molecule has 0 aliphatic carbocycles. The fraction of sp³-hybridized carbons (Fsp3) is 0.571. The Hall–Kier alpha value is -0.860. The Morgan fingerprint density at radius 3 is 2.31 bits per heavy atom. The van der Waals surface area contributed by atoms with Crippen molar-refractivity contribution >= 4 is 0 Å². The van der Waals surface area contributed by atoms with Crippen LogP contribution in [0.15, 0.2) is 24.3 Å². The minimum atomic E-state index is -0.141. The molecule has 1 aromatic rings. The second kappa shape index (κ2) is 4.56. The highest BCUT2D eigenvalue weighted by atomic mass is 16.5. The first kappa shape index (κ1) is 11.6. The molecule has 2 rings (SSSR count). The molecule has 2 heteroatoms. The standard InChI is InChI=1S/C14H20O2/c1-14(2,10-15)13-5-3-11(4-6-13)7-12-8-16-9-12/h3-6,12,15H,7-10H2,1-2H3. The maximum atomic E-state index is 9.29. The third-order valence-electron chi connectivity index (χ3n) is 3.36. The molecule has 0 atom stereocenters. The first-order valence-corrected chi connectivity index (χ1v) is 5.90. The van der Waals surface area contributed by atoms with Crippen LogP contribution in [0.2, 0.25) is 0 Å². The van der Waals surface area contributed by atoms with Crippen LogP contribution >= 0.6 is 0 Å². The van der Waals surface area contributed by atoms with E-state index in [9.17, 15) is 5.11 Å². The predicted octanol–water partition coefficient (Wildman–Crippen LogP) is 2.15. The first-order chi connectivity index (χ1) is 7.62. The molecule has 16 heavy (non-hydrogen) atoms. The second-order valence-electron chi connectivity index (χ2n) is 5.35. The summed E-state index contributed by atoms with van der Waals surface area (Å²) < 4.78 is 5.17. The molecule has 1 aliphatic rings. The van der Waals surface area contributed by atoms with Gasteiger partial charge in [0, 0.05) is 11.3 Å². The molecule has 0 saturated carbocycles. The van der Waals surface area contributed by atoms with E-state index in [4.69, 9.17) is 4.74 Å². The maximum absolute atomic E-state index is 9.29. The van der Waals surface area contributed by atoms with Crippen LogP contribution in [0.25, 0.3) is 0 Å². The van der Waals surface area contributed by atoms with Crippen molar-refractivity contribution < 1.29 is 9.84 Å². The molecule has 0 radical (unpaired) electrons. The lowest BCUT2D eigenvalue weighted by Crippen LogP contribution is -2.29. The van der Waals surface area contributed by atoms with Gasteiger partial charge in [-0.3, -0.25) is 0 Å². The van der Waals surface area contributed by atoms with Gasteiger partial charge in [0.2, 0.25) is 0 Å². The SMILES string of the molecule is CC(C)(CO)c1ccc(CC2COC2)cc1. The topological polar surface area (TPSA) is 29.5 Å². The lowest BCUT2D eigenvalue weighted by Gasteiger charge is -2.26. The second-order valence-corrected chi connectivity index (χ2v) is 5.35. The number of rotatable bonds is 4. The molecule has 88 valence electrons. The highest BCUT2D eigenvalue weighted by Gasteiger charge is 2.21. The van der Waals surface area contributed by atoms with Gasteiger partial charge >= 0.3 is 0 Å². The minimum absolute atomic E-state index is 0.141. The molecule has 1 N–H and O–H groups in total. The summed E-state index contributed by atoms with van der Waals surface area (Å²) in [6, 6.07) is 8.60. The number of ether oxygens (including phenoxy) is 1. The molecule has 1 aliphatic heterocycles. The Morgan fingerprint density at radius 1 is 1.25 bits per heavy atom. The Morgan fingerprint density at radius 2 is 1.88 bits per heavy atom. The van der Waals surface area contributed by atoms with Crippen molar-refractivity contribution in [3.8, 4) is 0 Å². The molecule has 0 aromatic heterocycles. The zero-order valence-corrected chi connectivity index (χ0v) is 10.1. The van der Waals surface area contributed by atoms with E-state index >= 15 is 0 Å². The summed E-state index contributed by atoms with van der Waals surface area (Å²) in [7, 11) is 0. The zero-order chi connectivity index (χ0) is 11.6. The minimum Gasteiger partial charge on any atom is -0.395 e. The Bertz CT molecular complexity index is 336. The van der Waals surface area contributed by atoms with Crippen molar-refractivity contribution in [2.24, 2.45) is 5.92 Å². The van der Waals surface area contributed by atoms with Crippen LogP contribution in [-0.4, -0.2) is 24.9 Å². The van der Waals surface area contributed by atoms with Crippen molar-refractivity contribution in [2.45, 2.75) is 25.7 Å². The largest absolute Gasteiger partial charge is 0.395 e. The van der Waals surface area contributed by atoms with Gasteiger partial charge in [-0.25, -0.2) is 0 Å². The highest BCUT2D eigenvalue weighted by molar-refractivity contribution is 5.28. The van der Waals surface area contributed by atoms with Crippen LogP contribution in [0, 0.1) is 5.92 Å². The molecule has 1 aromatic carbocycles. The number of hydrogen-bond donors (Lipinski definition) is 1. The van der Waals surface area contributed by atoms with Crippen LogP contribution in [0.1, 0.15) is 25.0 Å². The summed E-state index contributed by atoms with van der Waals surface area (Å²) >= 11 is 0. The number of benzene rings is 1. The average Bonchev–Trinajstić information content (AvgIpc) is 2.24. The summed E-state index contributed by atoms with van der Waals surface area (Å²) in [6.07, 6.45) is 1.11. The lowest BCUT2D eigenvalue weighted by atomic mass is 9.84. The summed E-state index contributed by atoms with van der Waals surface area (Å²) in [5, 5.41) is 9.29. The highest BCUT2D eigenvalue weighted by Crippen LogP contribution is 2.24. The molecule has 1 fully saturated rings. The quantitative estimate of drug-likeness (QED) is 0.842. The monoisotopic (exact) mass is 220 g/mol. The molecule has 0 amide bonds. The fourth-order valence-corrected chi connectivity index (χ4v) is 1.92. The van der Waals surface area contributed by atoms with E-state index in [1.807, 2.05) is 0 Å². The Labute approximate surface area is 97.3 Å². The van der Waals surface area contributed by atoms with Gasteiger partial charge < -0.3 is 9.84 Å². The summed E-state index contributed by atoms with van der Waals surface area (Å²) in [4.78, 5) is 0. The first-order valence-electron chi connectivity index (χ1n) is 5.90. The van der Waals surface area contributed by atoms with Crippen molar-refractivity contribution in [3.63, 3.8) is 0 Å². The van der Waals surface area contributed by atoms with E-state index in [1.54, 1.807) is 0 Å². The van der Waals surface area contributed by atoms with Gasteiger partial charge in [-0.2, -0.15) is 0 Å². The van der Waals surface area contributed by atoms with Crippen molar-refractivity contribution in [1.82, 2.24) is 0 Å². The molecule has 0 spiro atoms. The average molecular weight is 220 g/mol. The third-order valence-corrected chi connectivity index (χ3v) is 3.36. The van der Waals surface area contributed by atoms with E-state index in [-0.39, 0.29) is 12.0 Å². The molecule has 0 bridgehead atoms. The van der Waals surface area contributed by atoms with Crippen LogP contribution in [0.5, 0.6) is 0 Å². The van der Waals surface area contributed by atoms with Gasteiger partial charge in [0.15, 0.2) is 0 Å². The maximum Gasteiger partial charge on any atom is 0.0522 e. The van der Waals surface area contributed by atoms with Crippen LogP contribution in [-0.2, 0) is 16.6 Å². The Balaban J connectivity index is 2.03. The van der Waals surface area contributed by atoms with E-state index in [0.717, 1.165) is 19.6 Å². The molecular formula is C14H20O2. The van der Waals surface area contributed by atoms with Gasteiger partial charge in [-0.15, -0.1) is 0 Å². The molecular weight excluding hydrogens is 200 g/mol. The van der Waals surface area contributed by atoms with Gasteiger partial charge in [0.05, 0.1) is 19.8 Å². The molecule has 0 unspecified atom stereocenters. The summed E-state index contributed by atoms with van der Waals surface area (Å²) in [5.74, 6) is 0.705. The van der Waals surface area contributed by atoms with E-state index in [0.29, 0.717) is 5.92 Å². The van der Waals surface area contributed by atoms with Crippen LogP contribution < -0.4 is 0 Å². The molecule has 1 saturated heterocycles. The summed E-state index contributed by atoms with van der Waals surface area (Å²) in [5.41, 5.74) is 2.42. The summed E-state index contributed by atoms with van der Waals surface area (Å²) in [6.45, 7) is 6.11. The van der Waals surface area contributed by atoms with Crippen molar-refractivity contribution in [3.05, 3.63) is 35.4 Å². The van der Waals surface area contributed by atoms with Crippen LogP contribution in [0.4, 0.5) is 0 Å². The van der Waals surface area contributed by atoms with Gasteiger partial charge in [-0.05, 0) is 17.5 Å². The van der Waals surface area contributed by atoms with Gasteiger partial charge in [-0.1, -0.05) is 38.1 Å². The van der Waals surface area contributed by atoms with E-state index in [1.165, 1.54) is 11.1 Å². The predicted molar refractivity (Wildman–Crippen MR) is 64.6 cm³/mol. The van der Waals surface area contributed by atoms with Crippen LogP contribution in [0.3, 0.4) is 0 Å². The fourth-order valence-electron chi connectivity index (χ4n) is 1.92. The van der Waals surface area contributed by atoms with Crippen molar-refractivity contribution in [2.75, 3.05) is 19.8 Å².